The second-order valence-corrected chi connectivity index (χ2v) is 6.80. The first-order chi connectivity index (χ1) is 11.1. The van der Waals surface area contributed by atoms with Crippen molar-refractivity contribution in [3.05, 3.63) is 69.0 Å². The molecule has 23 heavy (non-hydrogen) atoms. The second kappa shape index (κ2) is 7.02. The van der Waals surface area contributed by atoms with Crippen LogP contribution in [0.2, 0.25) is 0 Å². The third-order valence-corrected chi connectivity index (χ3v) is 4.44. The fourth-order valence-corrected chi connectivity index (χ4v) is 3.12. The van der Waals surface area contributed by atoms with Gasteiger partial charge in [-0.25, -0.2) is 0 Å². The number of amides is 1. The molecule has 6 heteroatoms. The highest BCUT2D eigenvalue weighted by atomic mass is 79.9. The summed E-state index contributed by atoms with van der Waals surface area (Å²) < 4.78 is 6.80. The Hall–Kier alpha value is -2.05. The smallest absolute Gasteiger partial charge is 0.286 e. The van der Waals surface area contributed by atoms with Crippen molar-refractivity contribution in [3.63, 3.8) is 0 Å². The lowest BCUT2D eigenvalue weighted by atomic mass is 10.2. The molecule has 0 aliphatic carbocycles. The maximum absolute atomic E-state index is 11.8. The first kappa shape index (κ1) is 15.8. The molecule has 0 fully saturated rings. The van der Waals surface area contributed by atoms with Crippen molar-refractivity contribution in [2.45, 2.75) is 6.61 Å². The first-order valence-corrected chi connectivity index (χ1v) is 8.47. The van der Waals surface area contributed by atoms with Gasteiger partial charge in [-0.3, -0.25) is 4.79 Å². The summed E-state index contributed by atoms with van der Waals surface area (Å²) in [4.78, 5) is 16.0. The van der Waals surface area contributed by atoms with Crippen LogP contribution in [-0.4, -0.2) is 11.1 Å². The molecule has 0 saturated carbocycles. The number of carbonyl (C=O) groups is 1. The number of aliphatic imine (C=N–C) groups is 1. The predicted octanol–water partition coefficient (Wildman–Crippen LogP) is 3.96. The molecule has 1 aliphatic rings. The predicted molar refractivity (Wildman–Crippen MR) is 97.1 cm³/mol. The molecule has 3 rings (SSSR count). The number of rotatable bonds is 4. The van der Waals surface area contributed by atoms with Gasteiger partial charge in [-0.2, -0.15) is 4.99 Å². The Morgan fingerprint density at radius 1 is 1.22 bits per heavy atom. The Morgan fingerprint density at radius 3 is 2.70 bits per heavy atom. The summed E-state index contributed by atoms with van der Waals surface area (Å²) in [7, 11) is 0. The van der Waals surface area contributed by atoms with Gasteiger partial charge in [0.25, 0.3) is 5.91 Å². The number of hydrogen-bond acceptors (Lipinski definition) is 4. The van der Waals surface area contributed by atoms with Crippen molar-refractivity contribution >= 4 is 44.8 Å². The number of benzene rings is 2. The SMILES string of the molecule is NC1=NC(=O)C(=Cc2cc(Br)ccc2OCc2ccccc2)S1. The maximum atomic E-state index is 11.8. The molecule has 116 valence electrons. The number of hydrogen-bond donors (Lipinski definition) is 1. The fourth-order valence-electron chi connectivity index (χ4n) is 2.07. The average Bonchev–Trinajstić information content (AvgIpc) is 2.85. The number of ether oxygens (including phenoxy) is 1. The highest BCUT2D eigenvalue weighted by molar-refractivity contribution is 9.10. The van der Waals surface area contributed by atoms with E-state index in [1.54, 1.807) is 6.08 Å². The maximum Gasteiger partial charge on any atom is 0.286 e. The van der Waals surface area contributed by atoms with Crippen molar-refractivity contribution in [1.82, 2.24) is 0 Å². The highest BCUT2D eigenvalue weighted by Gasteiger charge is 2.20. The topological polar surface area (TPSA) is 64.7 Å². The van der Waals surface area contributed by atoms with Crippen LogP contribution < -0.4 is 10.5 Å². The molecular weight excluding hydrogens is 376 g/mol. The summed E-state index contributed by atoms with van der Waals surface area (Å²) in [6.07, 6.45) is 1.75. The van der Waals surface area contributed by atoms with Gasteiger partial charge in [-0.15, -0.1) is 0 Å². The van der Waals surface area contributed by atoms with Crippen LogP contribution in [0.3, 0.4) is 0 Å². The third-order valence-electron chi connectivity index (χ3n) is 3.13. The van der Waals surface area contributed by atoms with Crippen molar-refractivity contribution in [1.29, 1.82) is 0 Å². The van der Waals surface area contributed by atoms with Crippen molar-refractivity contribution < 1.29 is 9.53 Å². The van der Waals surface area contributed by atoms with Gasteiger partial charge in [0.2, 0.25) is 0 Å². The van der Waals surface area contributed by atoms with Crippen molar-refractivity contribution in [2.75, 3.05) is 0 Å². The Labute approximate surface area is 146 Å². The van der Waals surface area contributed by atoms with Gasteiger partial charge < -0.3 is 10.5 Å². The molecule has 4 nitrogen and oxygen atoms in total. The van der Waals surface area contributed by atoms with Crippen LogP contribution in [0.25, 0.3) is 6.08 Å². The van der Waals surface area contributed by atoms with Gasteiger partial charge >= 0.3 is 0 Å². The van der Waals surface area contributed by atoms with E-state index in [-0.39, 0.29) is 11.1 Å². The molecular formula is C17H13BrN2O2S. The van der Waals surface area contributed by atoms with Crippen LogP contribution in [0, 0.1) is 0 Å². The van der Waals surface area contributed by atoms with Crippen LogP contribution in [0.1, 0.15) is 11.1 Å². The third kappa shape index (κ3) is 4.03. The van der Waals surface area contributed by atoms with E-state index in [1.807, 2.05) is 48.5 Å². The van der Waals surface area contributed by atoms with Gasteiger partial charge in [0.15, 0.2) is 5.17 Å². The summed E-state index contributed by atoms with van der Waals surface area (Å²) in [6, 6.07) is 15.6. The number of amidine groups is 1. The van der Waals surface area contributed by atoms with Gasteiger partial charge in [-0.1, -0.05) is 46.3 Å². The van der Waals surface area contributed by atoms with E-state index in [1.165, 1.54) is 11.8 Å². The lowest BCUT2D eigenvalue weighted by molar-refractivity contribution is -0.113. The Bertz CT molecular complexity index is 803. The molecule has 0 aromatic heterocycles. The quantitative estimate of drug-likeness (QED) is 0.805. The second-order valence-electron chi connectivity index (χ2n) is 4.82. The monoisotopic (exact) mass is 388 g/mol. The summed E-state index contributed by atoms with van der Waals surface area (Å²) in [6.45, 7) is 0.457. The molecule has 2 aromatic carbocycles. The largest absolute Gasteiger partial charge is 0.488 e. The number of halogens is 1. The molecule has 1 aliphatic heterocycles. The molecule has 2 aromatic rings. The van der Waals surface area contributed by atoms with Crippen LogP contribution in [0.5, 0.6) is 5.75 Å². The van der Waals surface area contributed by atoms with E-state index >= 15 is 0 Å². The lowest BCUT2D eigenvalue weighted by Gasteiger charge is -2.10. The van der Waals surface area contributed by atoms with E-state index in [9.17, 15) is 4.79 Å². The van der Waals surface area contributed by atoms with E-state index in [2.05, 4.69) is 20.9 Å². The van der Waals surface area contributed by atoms with Gasteiger partial charge in [-0.05, 0) is 41.6 Å². The lowest BCUT2D eigenvalue weighted by Crippen LogP contribution is -2.01. The van der Waals surface area contributed by atoms with Crippen LogP contribution >= 0.6 is 27.7 Å². The Morgan fingerprint density at radius 2 is 2.00 bits per heavy atom. The Kier molecular flexibility index (Phi) is 4.83. The first-order valence-electron chi connectivity index (χ1n) is 6.86. The summed E-state index contributed by atoms with van der Waals surface area (Å²) in [5, 5.41) is 0.267. The van der Waals surface area contributed by atoms with Crippen LogP contribution in [-0.2, 0) is 11.4 Å². The molecule has 0 saturated heterocycles. The number of nitrogens with zero attached hydrogens (tertiary/aromatic N) is 1. The zero-order valence-electron chi connectivity index (χ0n) is 12.0. The van der Waals surface area contributed by atoms with Crippen LogP contribution in [0.4, 0.5) is 0 Å². The highest BCUT2D eigenvalue weighted by Crippen LogP contribution is 2.31. The number of thioether (sulfide) groups is 1. The molecule has 1 amide bonds. The molecule has 1 heterocycles. The van der Waals surface area contributed by atoms with E-state index in [0.717, 1.165) is 15.6 Å². The molecule has 2 N–H and O–H groups in total. The summed E-state index contributed by atoms with van der Waals surface area (Å²) in [5.41, 5.74) is 7.46. The summed E-state index contributed by atoms with van der Waals surface area (Å²) >= 11 is 4.60. The normalized spacial score (nSPS) is 15.8. The minimum absolute atomic E-state index is 0.267. The summed E-state index contributed by atoms with van der Waals surface area (Å²) in [5.74, 6) is 0.380. The molecule has 0 unspecified atom stereocenters. The van der Waals surface area contributed by atoms with Gasteiger partial charge in [0.1, 0.15) is 12.4 Å². The minimum Gasteiger partial charge on any atom is -0.488 e. The van der Waals surface area contributed by atoms with Crippen LogP contribution in [0.15, 0.2) is 62.9 Å². The minimum atomic E-state index is -0.318. The van der Waals surface area contributed by atoms with Crippen molar-refractivity contribution in [2.24, 2.45) is 10.7 Å². The van der Waals surface area contributed by atoms with Crippen molar-refractivity contribution in [3.8, 4) is 5.75 Å². The average molecular weight is 389 g/mol. The zero-order chi connectivity index (χ0) is 16.2. The van der Waals surface area contributed by atoms with E-state index in [0.29, 0.717) is 17.3 Å². The standard InChI is InChI=1S/C17H13BrN2O2S/c18-13-6-7-14(22-10-11-4-2-1-3-5-11)12(8-13)9-15-16(21)20-17(19)23-15/h1-9H,10H2,(H2,19,20,21). The zero-order valence-corrected chi connectivity index (χ0v) is 14.4. The molecule has 0 bridgehead atoms. The fraction of sp³-hybridized carbons (Fsp3) is 0.0588. The number of carbonyl (C=O) groups excluding carboxylic acids is 1. The van der Waals surface area contributed by atoms with Gasteiger partial charge in [0, 0.05) is 10.0 Å². The van der Waals surface area contributed by atoms with E-state index < -0.39 is 0 Å². The molecule has 0 radical (unpaired) electrons. The Balaban J connectivity index is 1.84. The van der Waals surface area contributed by atoms with Gasteiger partial charge in [0.05, 0.1) is 4.91 Å². The van der Waals surface area contributed by atoms with E-state index in [4.69, 9.17) is 10.5 Å². The number of nitrogens with two attached hydrogens (primary N) is 1. The molecule has 0 atom stereocenters. The molecule has 0 spiro atoms.